The Morgan fingerprint density at radius 2 is 1.33 bits per heavy atom. The number of Topliss-reactive ketones (excluding diaryl/α,β-unsaturated/α-hetero) is 1. The van der Waals surface area contributed by atoms with E-state index in [-0.39, 0.29) is 50.1 Å². The fourth-order valence-electron chi connectivity index (χ4n) is 7.16. The number of rotatable bonds is 39. The Labute approximate surface area is 370 Å². The minimum Gasteiger partial charge on any atom is -0.756 e. The van der Waals surface area contributed by atoms with Gasteiger partial charge < -0.3 is 38.1 Å². The van der Waals surface area contributed by atoms with E-state index in [2.05, 4.69) is 26.0 Å². The van der Waals surface area contributed by atoms with Crippen molar-refractivity contribution in [2.75, 3.05) is 47.5 Å². The van der Waals surface area contributed by atoms with Gasteiger partial charge in [0.15, 0.2) is 6.10 Å². The molecule has 1 aliphatic carbocycles. The summed E-state index contributed by atoms with van der Waals surface area (Å²) in [6, 6.07) is 0. The molecule has 1 saturated carbocycles. The summed E-state index contributed by atoms with van der Waals surface area (Å²) in [5, 5.41) is 20.7. The summed E-state index contributed by atoms with van der Waals surface area (Å²) in [4.78, 5) is 50.4. The molecule has 0 amide bonds. The Bertz CT molecular complexity index is 1300. The molecule has 1 rings (SSSR count). The van der Waals surface area contributed by atoms with Gasteiger partial charge in [0.25, 0.3) is 7.82 Å². The molecule has 6 atom stereocenters. The molecule has 0 aromatic rings. The minimum absolute atomic E-state index is 0.00226. The Balaban J connectivity index is 2.47. The lowest BCUT2D eigenvalue weighted by atomic mass is 9.90. The molecule has 0 heterocycles. The van der Waals surface area contributed by atoms with E-state index in [1.165, 1.54) is 64.2 Å². The quantitative estimate of drug-likeness (QED) is 0.0198. The lowest BCUT2D eigenvalue weighted by molar-refractivity contribution is -0.870. The van der Waals surface area contributed by atoms with Gasteiger partial charge in [-0.25, -0.2) is 0 Å². The van der Waals surface area contributed by atoms with E-state index in [4.69, 9.17) is 18.5 Å². The van der Waals surface area contributed by atoms with Crippen LogP contribution in [0.1, 0.15) is 174 Å². The lowest BCUT2D eigenvalue weighted by Crippen LogP contribution is -2.37. The zero-order valence-corrected chi connectivity index (χ0v) is 39.7. The molecule has 0 aromatic carbocycles. The van der Waals surface area contributed by atoms with Crippen molar-refractivity contribution < 1.29 is 57.1 Å². The number of phosphoric acid groups is 1. The Morgan fingerprint density at radius 1 is 0.770 bits per heavy atom. The zero-order chi connectivity index (χ0) is 45.2. The summed E-state index contributed by atoms with van der Waals surface area (Å²) >= 11 is 0. The molecule has 354 valence electrons. The van der Waals surface area contributed by atoms with E-state index >= 15 is 0 Å². The van der Waals surface area contributed by atoms with E-state index in [0.717, 1.165) is 44.9 Å². The van der Waals surface area contributed by atoms with E-state index in [0.29, 0.717) is 43.1 Å². The van der Waals surface area contributed by atoms with Crippen molar-refractivity contribution in [2.24, 2.45) is 11.8 Å². The molecule has 13 heteroatoms. The first-order chi connectivity index (χ1) is 29.2. The molecule has 0 saturated heterocycles. The average Bonchev–Trinajstić information content (AvgIpc) is 3.47. The number of nitrogens with zero attached hydrogens (tertiary/aromatic N) is 1. The summed E-state index contributed by atoms with van der Waals surface area (Å²) in [7, 11) is 1.02. The number of unbranched alkanes of at least 4 members (excludes halogenated alkanes) is 16. The zero-order valence-electron chi connectivity index (χ0n) is 38.8. The largest absolute Gasteiger partial charge is 0.756 e. The molecule has 0 aromatic heterocycles. The number of quaternary nitrogens is 1. The van der Waals surface area contributed by atoms with Crippen molar-refractivity contribution in [1.29, 1.82) is 0 Å². The number of aliphatic hydroxyl groups excluding tert-OH is 2. The number of hydrogen-bond donors (Lipinski definition) is 2. The molecule has 1 unspecified atom stereocenters. The lowest BCUT2D eigenvalue weighted by Gasteiger charge is -2.28. The van der Waals surface area contributed by atoms with Gasteiger partial charge >= 0.3 is 11.9 Å². The molecule has 0 spiro atoms. The third kappa shape index (κ3) is 32.2. The van der Waals surface area contributed by atoms with Gasteiger partial charge in [0.1, 0.15) is 25.5 Å². The van der Waals surface area contributed by atoms with Gasteiger partial charge in [-0.1, -0.05) is 134 Å². The summed E-state index contributed by atoms with van der Waals surface area (Å²) < 4.78 is 33.9. The third-order valence-electron chi connectivity index (χ3n) is 11.0. The predicted octanol–water partition coefficient (Wildman–Crippen LogP) is 9.65. The smallest absolute Gasteiger partial charge is 0.306 e. The van der Waals surface area contributed by atoms with Gasteiger partial charge in [-0.05, 0) is 57.8 Å². The Kier molecular flexibility index (Phi) is 32.8. The SMILES string of the molecule is CCCCCCCC/C=C\CCCCCCCCCC(=O)O[C@H](COC(=O)CCC/C=C\C[C@H]1C(=O)C[C@@H](O)[C@@H]1/C=C/[C@@H](O)CCCCC)COP(=O)([O-])OCC[N+](C)(C)C. The fraction of sp³-hybridized carbons (Fsp3) is 0.812. The molecule has 0 aliphatic heterocycles. The average molecular weight is 884 g/mol. The second-order valence-corrected chi connectivity index (χ2v) is 19.3. The van der Waals surface area contributed by atoms with Crippen LogP contribution in [0.15, 0.2) is 36.5 Å². The van der Waals surface area contributed by atoms with E-state index in [1.807, 2.05) is 33.3 Å². The van der Waals surface area contributed by atoms with Gasteiger partial charge in [0, 0.05) is 31.1 Å². The number of allylic oxidation sites excluding steroid dienone is 4. The van der Waals surface area contributed by atoms with Gasteiger partial charge in [0.2, 0.25) is 0 Å². The van der Waals surface area contributed by atoms with Gasteiger partial charge in [0.05, 0.1) is 40.0 Å². The van der Waals surface area contributed by atoms with Crippen LogP contribution in [-0.2, 0) is 37.5 Å². The van der Waals surface area contributed by atoms with E-state index in [1.54, 1.807) is 12.2 Å². The molecular weight excluding hydrogens is 797 g/mol. The Hall–Kier alpha value is -2.18. The maximum Gasteiger partial charge on any atom is 0.306 e. The molecule has 12 nitrogen and oxygen atoms in total. The summed E-state index contributed by atoms with van der Waals surface area (Å²) in [6.07, 6.45) is 32.4. The number of carbonyl (C=O) groups excluding carboxylic acids is 3. The standard InChI is InChI=1S/C48H86NO11P/c1-6-8-10-11-12-13-14-15-16-17-18-19-20-21-22-23-29-33-48(54)60-42(40-59-61(55,56)58-37-36-49(3,4)5)39-57-47(53)32-28-25-24-27-31-43-44(46(52)38-45(43)51)35-34-41(50)30-26-9-7-2/h15-16,24,27,34-35,41-44,46,50,52H,6-14,17-23,25-26,28-33,36-40H2,1-5H3/b16-15-,27-24-,35-34+/t41-,42+,43+,44+,46+/m0/s1. The minimum atomic E-state index is -4.69. The van der Waals surface area contributed by atoms with Crippen LogP contribution in [0.25, 0.3) is 0 Å². The van der Waals surface area contributed by atoms with Gasteiger partial charge in [-0.2, -0.15) is 0 Å². The predicted molar refractivity (Wildman–Crippen MR) is 241 cm³/mol. The first kappa shape index (κ1) is 56.8. The van der Waals surface area contributed by atoms with Crippen molar-refractivity contribution in [3.05, 3.63) is 36.5 Å². The first-order valence-electron chi connectivity index (χ1n) is 23.8. The van der Waals surface area contributed by atoms with E-state index < -0.39 is 44.7 Å². The number of hydrogen-bond acceptors (Lipinski definition) is 11. The normalized spacial score (nSPS) is 19.3. The second-order valence-electron chi connectivity index (χ2n) is 17.9. The second kappa shape index (κ2) is 35.2. The van der Waals surface area contributed by atoms with Crippen LogP contribution in [0.4, 0.5) is 0 Å². The highest BCUT2D eigenvalue weighted by Crippen LogP contribution is 2.38. The molecule has 0 radical (unpaired) electrons. The van der Waals surface area contributed by atoms with Crippen LogP contribution in [-0.4, -0.2) is 98.2 Å². The third-order valence-corrected chi connectivity index (χ3v) is 12.0. The number of ether oxygens (including phenoxy) is 2. The summed E-state index contributed by atoms with van der Waals surface area (Å²) in [5.41, 5.74) is 0. The molecule has 2 N–H and O–H groups in total. The molecule has 0 bridgehead atoms. The number of ketones is 1. The molecular formula is C48H86NO11P. The molecule has 1 aliphatic rings. The maximum atomic E-state index is 12.7. The summed E-state index contributed by atoms with van der Waals surface area (Å²) in [5.74, 6) is -1.75. The van der Waals surface area contributed by atoms with Crippen molar-refractivity contribution in [3.63, 3.8) is 0 Å². The summed E-state index contributed by atoms with van der Waals surface area (Å²) in [6.45, 7) is 3.81. The number of carbonyl (C=O) groups is 3. The monoisotopic (exact) mass is 884 g/mol. The molecule has 61 heavy (non-hydrogen) atoms. The van der Waals surface area contributed by atoms with E-state index in [9.17, 15) is 34.1 Å². The van der Waals surface area contributed by atoms with Crippen molar-refractivity contribution in [2.45, 2.75) is 193 Å². The fourth-order valence-corrected chi connectivity index (χ4v) is 7.89. The molecule has 1 fully saturated rings. The van der Waals surface area contributed by atoms with Gasteiger partial charge in [-0.3, -0.25) is 18.9 Å². The number of likely N-dealkylation sites (N-methyl/N-ethyl adjacent to an activating group) is 1. The Morgan fingerprint density at radius 3 is 1.97 bits per heavy atom. The number of phosphoric ester groups is 1. The topological polar surface area (TPSA) is 169 Å². The number of esters is 2. The van der Waals surface area contributed by atoms with Crippen LogP contribution in [0, 0.1) is 11.8 Å². The van der Waals surface area contributed by atoms with Crippen molar-refractivity contribution in [1.82, 2.24) is 0 Å². The van der Waals surface area contributed by atoms with Crippen molar-refractivity contribution in [3.8, 4) is 0 Å². The highest BCUT2D eigenvalue weighted by Gasteiger charge is 2.39. The van der Waals surface area contributed by atoms with Crippen LogP contribution in [0.3, 0.4) is 0 Å². The van der Waals surface area contributed by atoms with Crippen LogP contribution < -0.4 is 4.89 Å². The maximum absolute atomic E-state index is 12.7. The van der Waals surface area contributed by atoms with Crippen LogP contribution in [0.5, 0.6) is 0 Å². The van der Waals surface area contributed by atoms with Crippen LogP contribution >= 0.6 is 7.82 Å². The highest BCUT2D eigenvalue weighted by atomic mass is 31.2. The first-order valence-corrected chi connectivity index (χ1v) is 25.3. The number of aliphatic hydroxyl groups is 2. The van der Waals surface area contributed by atoms with Gasteiger partial charge in [-0.15, -0.1) is 0 Å². The van der Waals surface area contributed by atoms with Crippen molar-refractivity contribution >= 4 is 25.5 Å². The highest BCUT2D eigenvalue weighted by molar-refractivity contribution is 7.45. The van der Waals surface area contributed by atoms with Crippen LogP contribution in [0.2, 0.25) is 0 Å².